The number of piperazine rings is 1. The van der Waals surface area contributed by atoms with Crippen molar-refractivity contribution >= 4 is 0 Å². The summed E-state index contributed by atoms with van der Waals surface area (Å²) in [7, 11) is 0. The van der Waals surface area contributed by atoms with Crippen molar-refractivity contribution < 1.29 is 13.5 Å². The van der Waals surface area contributed by atoms with Crippen LogP contribution < -0.4 is 5.32 Å². The van der Waals surface area contributed by atoms with E-state index in [1.165, 1.54) is 12.1 Å². The van der Waals surface area contributed by atoms with E-state index in [-0.39, 0.29) is 6.04 Å². The van der Waals surface area contributed by atoms with Gasteiger partial charge in [0.2, 0.25) is 0 Å². The lowest BCUT2D eigenvalue weighted by atomic mass is 10.0. The third kappa shape index (κ3) is 3.81. The summed E-state index contributed by atoms with van der Waals surface area (Å²) in [6.07, 6.45) is 0. The van der Waals surface area contributed by atoms with Gasteiger partial charge in [-0.05, 0) is 17.7 Å². The number of nitrogens with one attached hydrogen (secondary N) is 1. The van der Waals surface area contributed by atoms with E-state index >= 15 is 0 Å². The van der Waals surface area contributed by atoms with Gasteiger partial charge in [0.05, 0.1) is 13.2 Å². The Bertz CT molecular complexity index is 488. The molecule has 0 aromatic heterocycles. The van der Waals surface area contributed by atoms with E-state index in [4.69, 9.17) is 4.74 Å². The fourth-order valence-corrected chi connectivity index (χ4v) is 3.18. The molecule has 0 saturated carbocycles. The first kappa shape index (κ1) is 15.8. The Morgan fingerprint density at radius 1 is 1.05 bits per heavy atom. The molecule has 3 rings (SSSR count). The molecule has 0 bridgehead atoms. The van der Waals surface area contributed by atoms with Gasteiger partial charge in [-0.2, -0.15) is 0 Å². The quantitative estimate of drug-likeness (QED) is 0.905. The van der Waals surface area contributed by atoms with Gasteiger partial charge >= 0.3 is 0 Å². The molecular weight excluding hydrogens is 288 g/mol. The number of benzene rings is 1. The molecule has 1 aromatic rings. The number of hydrogen-bond donors (Lipinski definition) is 1. The lowest BCUT2D eigenvalue weighted by Crippen LogP contribution is -2.49. The highest BCUT2D eigenvalue weighted by atomic mass is 19.2. The monoisotopic (exact) mass is 311 g/mol. The van der Waals surface area contributed by atoms with E-state index in [9.17, 15) is 8.78 Å². The molecule has 1 N–H and O–H groups in total. The molecule has 2 heterocycles. The van der Waals surface area contributed by atoms with Gasteiger partial charge in [0, 0.05) is 51.9 Å². The highest BCUT2D eigenvalue weighted by molar-refractivity contribution is 5.22. The van der Waals surface area contributed by atoms with Crippen molar-refractivity contribution in [3.8, 4) is 0 Å². The lowest BCUT2D eigenvalue weighted by molar-refractivity contribution is 0.00660. The first-order chi connectivity index (χ1) is 10.7. The smallest absolute Gasteiger partial charge is 0.159 e. The number of nitrogens with zero attached hydrogens (tertiary/aromatic N) is 2. The molecule has 1 aromatic carbocycles. The van der Waals surface area contributed by atoms with Gasteiger partial charge in [0.1, 0.15) is 0 Å². The van der Waals surface area contributed by atoms with Gasteiger partial charge in [0.25, 0.3) is 0 Å². The molecule has 2 aliphatic heterocycles. The van der Waals surface area contributed by atoms with Crippen molar-refractivity contribution in [2.75, 3.05) is 59.0 Å². The molecule has 22 heavy (non-hydrogen) atoms. The Kier molecular flexibility index (Phi) is 5.36. The largest absolute Gasteiger partial charge is 0.379 e. The molecule has 2 saturated heterocycles. The summed E-state index contributed by atoms with van der Waals surface area (Å²) in [6, 6.07) is 4.37. The predicted octanol–water partition coefficient (Wildman–Crippen LogP) is 1.24. The standard InChI is InChI=1S/C16H23F2N3O/c17-14-2-1-13(11-15(14)18)16(21-7-9-22-10-8-21)12-20-5-3-19-4-6-20/h1-2,11,16,19H,3-10,12H2. The maximum atomic E-state index is 13.6. The van der Waals surface area contributed by atoms with Crippen LogP contribution >= 0.6 is 0 Å². The molecular formula is C16H23F2N3O. The third-order valence-electron chi connectivity index (χ3n) is 4.46. The van der Waals surface area contributed by atoms with Crippen LogP contribution in [0.15, 0.2) is 18.2 Å². The van der Waals surface area contributed by atoms with Gasteiger partial charge in [-0.3, -0.25) is 9.80 Å². The van der Waals surface area contributed by atoms with E-state index in [1.54, 1.807) is 6.07 Å². The van der Waals surface area contributed by atoms with E-state index in [1.807, 2.05) is 0 Å². The van der Waals surface area contributed by atoms with Crippen LogP contribution in [0.4, 0.5) is 8.78 Å². The molecule has 2 fully saturated rings. The number of rotatable bonds is 4. The Hall–Kier alpha value is -1.08. The van der Waals surface area contributed by atoms with Crippen molar-refractivity contribution in [3.63, 3.8) is 0 Å². The summed E-state index contributed by atoms with van der Waals surface area (Å²) in [6.45, 7) is 7.83. The number of ether oxygens (including phenoxy) is 1. The van der Waals surface area contributed by atoms with Crippen molar-refractivity contribution in [1.29, 1.82) is 0 Å². The summed E-state index contributed by atoms with van der Waals surface area (Å²) in [5, 5.41) is 3.34. The van der Waals surface area contributed by atoms with Crippen LogP contribution in [0.1, 0.15) is 11.6 Å². The fraction of sp³-hybridized carbons (Fsp3) is 0.625. The number of morpholine rings is 1. The zero-order valence-corrected chi connectivity index (χ0v) is 12.7. The number of halogens is 2. The molecule has 122 valence electrons. The Morgan fingerprint density at radius 3 is 2.45 bits per heavy atom. The van der Waals surface area contributed by atoms with Crippen LogP contribution in [0.3, 0.4) is 0 Å². The second kappa shape index (κ2) is 7.46. The lowest BCUT2D eigenvalue weighted by Gasteiger charge is -2.39. The van der Waals surface area contributed by atoms with Crippen LogP contribution in [0, 0.1) is 11.6 Å². The van der Waals surface area contributed by atoms with Gasteiger partial charge in [-0.15, -0.1) is 0 Å². The molecule has 0 aliphatic carbocycles. The first-order valence-corrected chi connectivity index (χ1v) is 7.94. The molecule has 6 heteroatoms. The SMILES string of the molecule is Fc1ccc(C(CN2CCNCC2)N2CCOCC2)cc1F. The highest BCUT2D eigenvalue weighted by Gasteiger charge is 2.26. The minimum Gasteiger partial charge on any atom is -0.379 e. The van der Waals surface area contributed by atoms with Crippen molar-refractivity contribution in [2.24, 2.45) is 0 Å². The second-order valence-electron chi connectivity index (χ2n) is 5.89. The fourth-order valence-electron chi connectivity index (χ4n) is 3.18. The molecule has 0 radical (unpaired) electrons. The summed E-state index contributed by atoms with van der Waals surface area (Å²) < 4.78 is 32.3. The molecule has 4 nitrogen and oxygen atoms in total. The van der Waals surface area contributed by atoms with Crippen molar-refractivity contribution in [1.82, 2.24) is 15.1 Å². The zero-order chi connectivity index (χ0) is 15.4. The highest BCUT2D eigenvalue weighted by Crippen LogP contribution is 2.25. The molecule has 0 amide bonds. The summed E-state index contributed by atoms with van der Waals surface area (Å²) in [5.74, 6) is -1.55. The Morgan fingerprint density at radius 2 is 1.77 bits per heavy atom. The predicted molar refractivity (Wildman–Crippen MR) is 80.8 cm³/mol. The summed E-state index contributed by atoms with van der Waals surface area (Å²) in [5.41, 5.74) is 0.847. The first-order valence-electron chi connectivity index (χ1n) is 7.94. The van der Waals surface area contributed by atoms with Crippen LogP contribution in [0.5, 0.6) is 0 Å². The topological polar surface area (TPSA) is 27.7 Å². The van der Waals surface area contributed by atoms with Crippen LogP contribution in [-0.4, -0.2) is 68.8 Å². The van der Waals surface area contributed by atoms with E-state index in [0.717, 1.165) is 51.4 Å². The maximum absolute atomic E-state index is 13.6. The van der Waals surface area contributed by atoms with E-state index in [2.05, 4.69) is 15.1 Å². The van der Waals surface area contributed by atoms with Crippen molar-refractivity contribution in [3.05, 3.63) is 35.4 Å². The molecule has 2 aliphatic rings. The minimum atomic E-state index is -0.786. The Labute approximate surface area is 130 Å². The van der Waals surface area contributed by atoms with Crippen LogP contribution in [0.25, 0.3) is 0 Å². The molecule has 0 spiro atoms. The molecule has 1 atom stereocenters. The number of hydrogen-bond acceptors (Lipinski definition) is 4. The van der Waals surface area contributed by atoms with E-state index in [0.29, 0.717) is 13.2 Å². The van der Waals surface area contributed by atoms with Gasteiger partial charge in [-0.25, -0.2) is 8.78 Å². The van der Waals surface area contributed by atoms with Crippen molar-refractivity contribution in [2.45, 2.75) is 6.04 Å². The zero-order valence-electron chi connectivity index (χ0n) is 12.7. The average Bonchev–Trinajstić information content (AvgIpc) is 2.57. The normalized spacial score (nSPS) is 22.6. The third-order valence-corrected chi connectivity index (χ3v) is 4.46. The second-order valence-corrected chi connectivity index (χ2v) is 5.89. The van der Waals surface area contributed by atoms with Gasteiger partial charge < -0.3 is 10.1 Å². The van der Waals surface area contributed by atoms with Crippen LogP contribution in [0.2, 0.25) is 0 Å². The maximum Gasteiger partial charge on any atom is 0.159 e. The summed E-state index contributed by atoms with van der Waals surface area (Å²) in [4.78, 5) is 4.70. The van der Waals surface area contributed by atoms with Crippen LogP contribution in [-0.2, 0) is 4.74 Å². The summed E-state index contributed by atoms with van der Waals surface area (Å²) >= 11 is 0. The molecule has 1 unspecified atom stereocenters. The van der Waals surface area contributed by atoms with Gasteiger partial charge in [0.15, 0.2) is 11.6 Å². The minimum absolute atomic E-state index is 0.0806. The van der Waals surface area contributed by atoms with Gasteiger partial charge in [-0.1, -0.05) is 6.07 Å². The average molecular weight is 311 g/mol. The van der Waals surface area contributed by atoms with E-state index < -0.39 is 11.6 Å². The Balaban J connectivity index is 1.78.